The number of carbonyl (C=O) groups excluding carboxylic acids is 1. The summed E-state index contributed by atoms with van der Waals surface area (Å²) in [4.78, 5) is 13.2. The van der Waals surface area contributed by atoms with Gasteiger partial charge >= 0.3 is 5.97 Å². The van der Waals surface area contributed by atoms with E-state index in [-0.39, 0.29) is 12.1 Å². The summed E-state index contributed by atoms with van der Waals surface area (Å²) < 4.78 is 5.31. The van der Waals surface area contributed by atoms with E-state index >= 15 is 0 Å². The molecule has 0 aromatic heterocycles. The van der Waals surface area contributed by atoms with Gasteiger partial charge in [0.25, 0.3) is 0 Å². The molecule has 0 aromatic carbocycles. The normalized spacial score (nSPS) is 39.1. The highest BCUT2D eigenvalue weighted by Crippen LogP contribution is 2.39. The number of ether oxygens (including phenoxy) is 1. The monoisotopic (exact) mass is 183 g/mol. The summed E-state index contributed by atoms with van der Waals surface area (Å²) >= 11 is 0. The standard InChI is InChI=1S/C10H17NO2/c1-7(12)13-10-4-3-8-5-11(2)6-9(8)10/h8-10H,3-6H2,1-2H3/t8-,9+,10+/m0/s1. The maximum atomic E-state index is 10.8. The molecule has 2 rings (SSSR count). The lowest BCUT2D eigenvalue weighted by Crippen LogP contribution is -2.25. The molecular weight excluding hydrogens is 166 g/mol. The van der Waals surface area contributed by atoms with E-state index in [4.69, 9.17) is 4.74 Å². The Morgan fingerprint density at radius 3 is 2.85 bits per heavy atom. The molecule has 3 nitrogen and oxygen atoms in total. The van der Waals surface area contributed by atoms with Crippen LogP contribution in [0, 0.1) is 11.8 Å². The van der Waals surface area contributed by atoms with Crippen molar-refractivity contribution in [2.75, 3.05) is 20.1 Å². The van der Waals surface area contributed by atoms with E-state index in [1.807, 2.05) is 0 Å². The van der Waals surface area contributed by atoms with Crippen LogP contribution in [-0.2, 0) is 9.53 Å². The molecule has 0 aromatic rings. The molecule has 3 heteroatoms. The average molecular weight is 183 g/mol. The van der Waals surface area contributed by atoms with Crippen LogP contribution in [0.25, 0.3) is 0 Å². The fourth-order valence-corrected chi connectivity index (χ4v) is 2.80. The Bertz CT molecular complexity index is 217. The Morgan fingerprint density at radius 2 is 2.15 bits per heavy atom. The molecule has 0 radical (unpaired) electrons. The van der Waals surface area contributed by atoms with Crippen LogP contribution in [0.4, 0.5) is 0 Å². The van der Waals surface area contributed by atoms with Gasteiger partial charge < -0.3 is 9.64 Å². The summed E-state index contributed by atoms with van der Waals surface area (Å²) in [5.41, 5.74) is 0. The largest absolute Gasteiger partial charge is 0.462 e. The van der Waals surface area contributed by atoms with Gasteiger partial charge in [0.05, 0.1) is 0 Å². The van der Waals surface area contributed by atoms with Crippen molar-refractivity contribution in [2.24, 2.45) is 11.8 Å². The first kappa shape index (κ1) is 9.00. The number of hydrogen-bond donors (Lipinski definition) is 0. The number of hydrogen-bond acceptors (Lipinski definition) is 3. The second-order valence-electron chi connectivity index (χ2n) is 4.37. The summed E-state index contributed by atoms with van der Waals surface area (Å²) in [5.74, 6) is 1.25. The Balaban J connectivity index is 1.96. The van der Waals surface area contributed by atoms with Crippen molar-refractivity contribution in [3.63, 3.8) is 0 Å². The maximum absolute atomic E-state index is 10.8. The SMILES string of the molecule is CC(=O)O[C@@H]1CC[C@H]2CN(C)C[C@H]21. The average Bonchev–Trinajstić information content (AvgIpc) is 2.51. The van der Waals surface area contributed by atoms with E-state index in [9.17, 15) is 4.79 Å². The third-order valence-corrected chi connectivity index (χ3v) is 3.29. The molecule has 1 saturated carbocycles. The van der Waals surface area contributed by atoms with Crippen molar-refractivity contribution in [3.8, 4) is 0 Å². The molecule has 2 aliphatic rings. The highest BCUT2D eigenvalue weighted by atomic mass is 16.5. The second-order valence-corrected chi connectivity index (χ2v) is 4.37. The minimum atomic E-state index is -0.125. The lowest BCUT2D eigenvalue weighted by Gasteiger charge is -2.18. The third kappa shape index (κ3) is 1.70. The molecule has 2 fully saturated rings. The number of rotatable bonds is 1. The van der Waals surface area contributed by atoms with Crippen molar-refractivity contribution in [1.82, 2.24) is 4.90 Å². The molecule has 1 heterocycles. The van der Waals surface area contributed by atoms with E-state index in [1.54, 1.807) is 0 Å². The van der Waals surface area contributed by atoms with Gasteiger partial charge in [0.15, 0.2) is 0 Å². The number of nitrogens with zero attached hydrogens (tertiary/aromatic N) is 1. The minimum Gasteiger partial charge on any atom is -0.462 e. The fourth-order valence-electron chi connectivity index (χ4n) is 2.80. The van der Waals surface area contributed by atoms with E-state index in [0.29, 0.717) is 5.92 Å². The molecule has 3 atom stereocenters. The highest BCUT2D eigenvalue weighted by Gasteiger charge is 2.42. The second kappa shape index (κ2) is 3.29. The van der Waals surface area contributed by atoms with Gasteiger partial charge in [-0.2, -0.15) is 0 Å². The number of carbonyl (C=O) groups is 1. The van der Waals surface area contributed by atoms with Gasteiger partial charge in [-0.05, 0) is 25.8 Å². The van der Waals surface area contributed by atoms with Gasteiger partial charge in [0.1, 0.15) is 6.10 Å². The first-order valence-electron chi connectivity index (χ1n) is 5.02. The topological polar surface area (TPSA) is 29.5 Å². The Labute approximate surface area is 79.0 Å². The molecule has 0 amide bonds. The molecule has 1 aliphatic heterocycles. The molecule has 1 aliphatic carbocycles. The van der Waals surface area contributed by atoms with Crippen LogP contribution in [0.3, 0.4) is 0 Å². The van der Waals surface area contributed by atoms with Gasteiger partial charge in [-0.3, -0.25) is 4.79 Å². The quantitative estimate of drug-likeness (QED) is 0.565. The van der Waals surface area contributed by atoms with E-state index in [1.165, 1.54) is 19.9 Å². The summed E-state index contributed by atoms with van der Waals surface area (Å²) in [5, 5.41) is 0. The van der Waals surface area contributed by atoms with Crippen LogP contribution in [0.1, 0.15) is 19.8 Å². The van der Waals surface area contributed by atoms with Crippen molar-refractivity contribution < 1.29 is 9.53 Å². The fraction of sp³-hybridized carbons (Fsp3) is 0.900. The Hall–Kier alpha value is -0.570. The minimum absolute atomic E-state index is 0.125. The van der Waals surface area contributed by atoms with Crippen molar-refractivity contribution >= 4 is 5.97 Å². The van der Waals surface area contributed by atoms with Gasteiger partial charge in [-0.1, -0.05) is 0 Å². The van der Waals surface area contributed by atoms with Crippen LogP contribution in [0.15, 0.2) is 0 Å². The Morgan fingerprint density at radius 1 is 1.38 bits per heavy atom. The summed E-state index contributed by atoms with van der Waals surface area (Å²) in [6, 6.07) is 0. The highest BCUT2D eigenvalue weighted by molar-refractivity contribution is 5.66. The van der Waals surface area contributed by atoms with Crippen molar-refractivity contribution in [3.05, 3.63) is 0 Å². The molecule has 0 unspecified atom stereocenters. The van der Waals surface area contributed by atoms with Crippen LogP contribution in [0.5, 0.6) is 0 Å². The third-order valence-electron chi connectivity index (χ3n) is 3.29. The summed E-state index contributed by atoms with van der Waals surface area (Å²) in [6.07, 6.45) is 2.50. The van der Waals surface area contributed by atoms with Crippen LogP contribution in [0.2, 0.25) is 0 Å². The smallest absolute Gasteiger partial charge is 0.302 e. The van der Waals surface area contributed by atoms with Crippen LogP contribution >= 0.6 is 0 Å². The van der Waals surface area contributed by atoms with Gasteiger partial charge in [0, 0.05) is 25.9 Å². The van der Waals surface area contributed by atoms with E-state index in [2.05, 4.69) is 11.9 Å². The molecule has 0 bridgehead atoms. The number of fused-ring (bicyclic) bond motifs is 1. The van der Waals surface area contributed by atoms with Gasteiger partial charge in [-0.15, -0.1) is 0 Å². The molecule has 0 N–H and O–H groups in total. The lowest BCUT2D eigenvalue weighted by molar-refractivity contribution is -0.148. The number of likely N-dealkylation sites (tertiary alicyclic amines) is 1. The maximum Gasteiger partial charge on any atom is 0.302 e. The number of esters is 1. The predicted molar refractivity (Wildman–Crippen MR) is 49.3 cm³/mol. The predicted octanol–water partition coefficient (Wildman–Crippen LogP) is 0.890. The lowest BCUT2D eigenvalue weighted by atomic mass is 9.99. The van der Waals surface area contributed by atoms with Crippen molar-refractivity contribution in [1.29, 1.82) is 0 Å². The van der Waals surface area contributed by atoms with E-state index < -0.39 is 0 Å². The zero-order valence-corrected chi connectivity index (χ0v) is 8.32. The molecule has 0 spiro atoms. The van der Waals surface area contributed by atoms with E-state index in [0.717, 1.165) is 18.9 Å². The zero-order valence-electron chi connectivity index (χ0n) is 8.32. The molecule has 74 valence electrons. The van der Waals surface area contributed by atoms with Gasteiger partial charge in [-0.25, -0.2) is 0 Å². The van der Waals surface area contributed by atoms with Gasteiger partial charge in [0.2, 0.25) is 0 Å². The Kier molecular flexibility index (Phi) is 2.28. The first-order chi connectivity index (χ1) is 6.16. The zero-order chi connectivity index (χ0) is 9.42. The summed E-state index contributed by atoms with van der Waals surface area (Å²) in [6.45, 7) is 3.79. The molecule has 1 saturated heterocycles. The molecule has 13 heavy (non-hydrogen) atoms. The van der Waals surface area contributed by atoms with Crippen LogP contribution < -0.4 is 0 Å². The van der Waals surface area contributed by atoms with Crippen molar-refractivity contribution in [2.45, 2.75) is 25.9 Å². The first-order valence-corrected chi connectivity index (χ1v) is 5.02. The summed E-state index contributed by atoms with van der Waals surface area (Å²) in [7, 11) is 2.14. The molecular formula is C10H17NO2. The van der Waals surface area contributed by atoms with Crippen LogP contribution in [-0.4, -0.2) is 37.1 Å².